The van der Waals surface area contributed by atoms with E-state index in [1.54, 1.807) is 0 Å². The lowest BCUT2D eigenvalue weighted by Crippen LogP contribution is -2.38. The van der Waals surface area contributed by atoms with E-state index in [9.17, 15) is 13.2 Å². The molecule has 1 aromatic heterocycles. The molecule has 1 atom stereocenters. The van der Waals surface area contributed by atoms with Gasteiger partial charge in [-0.1, -0.05) is 0 Å². The third-order valence-electron chi connectivity index (χ3n) is 3.10. The highest BCUT2D eigenvalue weighted by Crippen LogP contribution is 2.31. The van der Waals surface area contributed by atoms with Gasteiger partial charge in [-0.3, -0.25) is 4.79 Å². The van der Waals surface area contributed by atoms with Gasteiger partial charge in [0.2, 0.25) is 10.0 Å². The van der Waals surface area contributed by atoms with E-state index in [0.29, 0.717) is 17.3 Å². The number of hydrogen-bond donors (Lipinski definition) is 3. The summed E-state index contributed by atoms with van der Waals surface area (Å²) in [6.07, 6.45) is 2.25. The van der Waals surface area contributed by atoms with Crippen LogP contribution in [-0.4, -0.2) is 34.0 Å². The van der Waals surface area contributed by atoms with Gasteiger partial charge in [-0.15, -0.1) is 23.7 Å². The van der Waals surface area contributed by atoms with Crippen molar-refractivity contribution in [1.82, 2.24) is 10.0 Å². The van der Waals surface area contributed by atoms with E-state index in [0.717, 1.165) is 24.2 Å². The summed E-state index contributed by atoms with van der Waals surface area (Å²) < 4.78 is 25.3. The zero-order chi connectivity index (χ0) is 14.0. The second-order valence-electron chi connectivity index (χ2n) is 4.57. The van der Waals surface area contributed by atoms with Crippen molar-refractivity contribution in [3.05, 3.63) is 16.3 Å². The normalized spacial score (nSPS) is 16.3. The Balaban J connectivity index is 0.00000200. The van der Waals surface area contributed by atoms with Gasteiger partial charge >= 0.3 is 0 Å². The van der Waals surface area contributed by atoms with Crippen LogP contribution in [0.15, 0.2) is 16.3 Å². The molecule has 0 bridgehead atoms. The van der Waals surface area contributed by atoms with Crippen LogP contribution in [0.2, 0.25) is 0 Å². The molecule has 1 fully saturated rings. The minimum Gasteiger partial charge on any atom is -0.350 e. The number of thiophene rings is 1. The Kier molecular flexibility index (Phi) is 5.96. The molecule has 20 heavy (non-hydrogen) atoms. The van der Waals surface area contributed by atoms with Crippen molar-refractivity contribution in [2.24, 2.45) is 11.7 Å². The molecule has 114 valence electrons. The van der Waals surface area contributed by atoms with Crippen molar-refractivity contribution in [3.8, 4) is 0 Å². The zero-order valence-corrected chi connectivity index (χ0v) is 13.4. The minimum absolute atomic E-state index is 0. The van der Waals surface area contributed by atoms with E-state index in [-0.39, 0.29) is 29.3 Å². The summed E-state index contributed by atoms with van der Waals surface area (Å²) in [5, 5.41) is 4.18. The maximum atomic E-state index is 11.8. The van der Waals surface area contributed by atoms with Gasteiger partial charge in [-0.25, -0.2) is 13.1 Å². The third-order valence-corrected chi connectivity index (χ3v) is 5.58. The van der Waals surface area contributed by atoms with Crippen molar-refractivity contribution < 1.29 is 13.2 Å². The number of carbonyl (C=O) groups excluding carboxylic acids is 1. The number of rotatable bonds is 6. The van der Waals surface area contributed by atoms with Gasteiger partial charge in [-0.2, -0.15) is 0 Å². The molecule has 6 nitrogen and oxygen atoms in total. The van der Waals surface area contributed by atoms with Crippen LogP contribution >= 0.6 is 23.7 Å². The first kappa shape index (κ1) is 17.4. The van der Waals surface area contributed by atoms with Crippen molar-refractivity contribution in [1.29, 1.82) is 0 Å². The molecular formula is C11H18ClN3O3S2. The predicted molar refractivity (Wildman–Crippen MR) is 80.8 cm³/mol. The molecule has 1 unspecified atom stereocenters. The average Bonchev–Trinajstić information content (AvgIpc) is 3.12. The smallest absolute Gasteiger partial charge is 0.261 e. The molecule has 9 heteroatoms. The minimum atomic E-state index is -3.49. The Morgan fingerprint density at radius 3 is 2.75 bits per heavy atom. The highest BCUT2D eigenvalue weighted by atomic mass is 35.5. The summed E-state index contributed by atoms with van der Waals surface area (Å²) in [5.41, 5.74) is 5.88. The Hall–Kier alpha value is -0.670. The molecule has 1 aromatic rings. The van der Waals surface area contributed by atoms with Crippen molar-refractivity contribution in [2.45, 2.75) is 23.8 Å². The number of amides is 1. The highest BCUT2D eigenvalue weighted by Gasteiger charge is 2.28. The molecular weight excluding hydrogens is 322 g/mol. The summed E-state index contributed by atoms with van der Waals surface area (Å²) in [6.45, 7) is 0.426. The average molecular weight is 340 g/mol. The molecule has 1 aliphatic rings. The second kappa shape index (κ2) is 6.86. The van der Waals surface area contributed by atoms with Gasteiger partial charge in [-0.05, 0) is 31.9 Å². The molecule has 1 amide bonds. The number of carbonyl (C=O) groups is 1. The SMILES string of the molecule is CNS(=O)(=O)c1csc(C(=O)NCC(N)C2CC2)c1.Cl. The van der Waals surface area contributed by atoms with Gasteiger partial charge in [0, 0.05) is 18.0 Å². The van der Waals surface area contributed by atoms with E-state index in [4.69, 9.17) is 5.73 Å². The Morgan fingerprint density at radius 2 is 2.20 bits per heavy atom. The molecule has 2 rings (SSSR count). The van der Waals surface area contributed by atoms with Crippen LogP contribution in [0, 0.1) is 5.92 Å². The monoisotopic (exact) mass is 339 g/mol. The fourth-order valence-corrected chi connectivity index (χ4v) is 3.61. The van der Waals surface area contributed by atoms with Crippen LogP contribution in [0.3, 0.4) is 0 Å². The van der Waals surface area contributed by atoms with Crippen molar-refractivity contribution >= 4 is 39.7 Å². The lowest BCUT2D eigenvalue weighted by molar-refractivity contribution is 0.0954. The number of nitrogens with two attached hydrogens (primary N) is 1. The van der Waals surface area contributed by atoms with E-state index in [1.165, 1.54) is 18.5 Å². The summed E-state index contributed by atoms with van der Waals surface area (Å²) in [4.78, 5) is 12.3. The lowest BCUT2D eigenvalue weighted by Gasteiger charge is -2.10. The van der Waals surface area contributed by atoms with E-state index in [1.807, 2.05) is 0 Å². The lowest BCUT2D eigenvalue weighted by atomic mass is 10.2. The Labute approximate surface area is 128 Å². The van der Waals surface area contributed by atoms with Crippen LogP contribution < -0.4 is 15.8 Å². The van der Waals surface area contributed by atoms with Gasteiger partial charge in [0.1, 0.15) is 0 Å². The summed E-state index contributed by atoms with van der Waals surface area (Å²) in [6, 6.07) is 1.36. The maximum Gasteiger partial charge on any atom is 0.261 e. The summed E-state index contributed by atoms with van der Waals surface area (Å²) in [7, 11) is -2.16. The fraction of sp³-hybridized carbons (Fsp3) is 0.545. The quantitative estimate of drug-likeness (QED) is 0.704. The first-order valence-electron chi connectivity index (χ1n) is 6.00. The zero-order valence-electron chi connectivity index (χ0n) is 11.0. The van der Waals surface area contributed by atoms with Crippen LogP contribution in [0.1, 0.15) is 22.5 Å². The molecule has 0 saturated heterocycles. The summed E-state index contributed by atoms with van der Waals surface area (Å²) in [5.74, 6) is 0.238. The van der Waals surface area contributed by atoms with Crippen LogP contribution in [-0.2, 0) is 10.0 Å². The summed E-state index contributed by atoms with van der Waals surface area (Å²) >= 11 is 1.10. The van der Waals surface area contributed by atoms with Gasteiger partial charge in [0.15, 0.2) is 0 Å². The molecule has 4 N–H and O–H groups in total. The largest absolute Gasteiger partial charge is 0.350 e. The Bertz CT molecular complexity index is 569. The molecule has 0 spiro atoms. The molecule has 1 aliphatic carbocycles. The van der Waals surface area contributed by atoms with Gasteiger partial charge in [0.25, 0.3) is 5.91 Å². The van der Waals surface area contributed by atoms with Crippen LogP contribution in [0.4, 0.5) is 0 Å². The molecule has 0 aliphatic heterocycles. The van der Waals surface area contributed by atoms with Crippen molar-refractivity contribution in [2.75, 3.05) is 13.6 Å². The maximum absolute atomic E-state index is 11.8. The number of halogens is 1. The molecule has 1 saturated carbocycles. The van der Waals surface area contributed by atoms with E-state index < -0.39 is 10.0 Å². The van der Waals surface area contributed by atoms with E-state index in [2.05, 4.69) is 10.0 Å². The molecule has 0 aromatic carbocycles. The first-order chi connectivity index (χ1) is 8.94. The topological polar surface area (TPSA) is 101 Å². The van der Waals surface area contributed by atoms with Crippen LogP contribution in [0.25, 0.3) is 0 Å². The molecule has 1 heterocycles. The molecule has 0 radical (unpaired) electrons. The highest BCUT2D eigenvalue weighted by molar-refractivity contribution is 7.89. The standard InChI is InChI=1S/C11H17N3O3S2.ClH/c1-13-19(16,17)8-4-10(18-6-8)11(15)14-5-9(12)7-2-3-7;/h4,6-7,9,13H,2-3,5,12H2,1H3,(H,14,15);1H. The van der Waals surface area contributed by atoms with Crippen LogP contribution in [0.5, 0.6) is 0 Å². The van der Waals surface area contributed by atoms with Gasteiger partial charge < -0.3 is 11.1 Å². The number of hydrogen-bond acceptors (Lipinski definition) is 5. The van der Waals surface area contributed by atoms with Gasteiger partial charge in [0.05, 0.1) is 9.77 Å². The second-order valence-corrected chi connectivity index (χ2v) is 7.36. The number of sulfonamides is 1. The van der Waals surface area contributed by atoms with Crippen molar-refractivity contribution in [3.63, 3.8) is 0 Å². The fourth-order valence-electron chi connectivity index (χ4n) is 1.69. The third kappa shape index (κ3) is 4.16. The van der Waals surface area contributed by atoms with E-state index >= 15 is 0 Å². The first-order valence-corrected chi connectivity index (χ1v) is 8.36. The number of nitrogens with one attached hydrogen (secondary N) is 2. The Morgan fingerprint density at radius 1 is 1.55 bits per heavy atom. The predicted octanol–water partition coefficient (Wildman–Crippen LogP) is 0.545.